The minimum absolute atomic E-state index is 0.150. The van der Waals surface area contributed by atoms with Gasteiger partial charge in [0.2, 0.25) is 0 Å². The van der Waals surface area contributed by atoms with E-state index in [0.717, 1.165) is 40.0 Å². The van der Waals surface area contributed by atoms with E-state index in [1.807, 2.05) is 30.6 Å². The van der Waals surface area contributed by atoms with Crippen LogP contribution in [0.2, 0.25) is 0 Å². The van der Waals surface area contributed by atoms with E-state index in [1.165, 1.54) is 0 Å². The molecule has 0 amide bonds. The van der Waals surface area contributed by atoms with Gasteiger partial charge in [-0.3, -0.25) is 4.90 Å². The second-order valence-electron chi connectivity index (χ2n) is 6.21. The Hall–Kier alpha value is -2.28. The van der Waals surface area contributed by atoms with Crippen molar-refractivity contribution < 1.29 is 5.11 Å². The Kier molecular flexibility index (Phi) is 4.97. The van der Waals surface area contributed by atoms with Crippen molar-refractivity contribution in [3.63, 3.8) is 0 Å². The van der Waals surface area contributed by atoms with E-state index < -0.39 is 0 Å². The molecule has 1 aromatic carbocycles. The highest BCUT2D eigenvalue weighted by molar-refractivity contribution is 8.03. The van der Waals surface area contributed by atoms with Crippen molar-refractivity contribution in [2.75, 3.05) is 19.7 Å². The summed E-state index contributed by atoms with van der Waals surface area (Å²) in [5.41, 5.74) is 5.53. The van der Waals surface area contributed by atoms with Crippen LogP contribution in [0.3, 0.4) is 0 Å². The van der Waals surface area contributed by atoms with Crippen LogP contribution in [0.25, 0.3) is 27.9 Å². The fraction of sp³-hybridized carbons (Fsp3) is 0.250. The summed E-state index contributed by atoms with van der Waals surface area (Å²) in [4.78, 5) is 10.1. The van der Waals surface area contributed by atoms with E-state index in [9.17, 15) is 5.11 Å². The number of aromatic nitrogens is 2. The van der Waals surface area contributed by atoms with Crippen LogP contribution in [0.15, 0.2) is 54.2 Å². The number of pyridine rings is 1. The third-order valence-corrected chi connectivity index (χ3v) is 5.69. The Bertz CT molecular complexity index is 922. The molecule has 3 aromatic rings. The average Bonchev–Trinajstić information content (AvgIpc) is 3.33. The highest BCUT2D eigenvalue weighted by Gasteiger charge is 2.24. The number of aromatic amines is 1. The van der Waals surface area contributed by atoms with Crippen LogP contribution in [-0.2, 0) is 0 Å². The lowest BCUT2D eigenvalue weighted by Crippen LogP contribution is -2.41. The number of nitrogens with one attached hydrogen (secondary N) is 2. The summed E-state index contributed by atoms with van der Waals surface area (Å²) in [7, 11) is 0. The lowest BCUT2D eigenvalue weighted by atomic mass is 10.1. The number of hydrogen-bond acceptors (Lipinski definition) is 5. The van der Waals surface area contributed by atoms with Gasteiger partial charge in [0.05, 0.1) is 12.3 Å². The summed E-state index contributed by atoms with van der Waals surface area (Å²) in [5, 5.41) is 16.1. The van der Waals surface area contributed by atoms with E-state index in [-0.39, 0.29) is 12.1 Å². The number of benzene rings is 1. The number of aliphatic hydroxyl groups is 1. The maximum atomic E-state index is 9.25. The summed E-state index contributed by atoms with van der Waals surface area (Å²) in [5.74, 6) is 0. The van der Waals surface area contributed by atoms with Crippen molar-refractivity contribution in [1.29, 1.82) is 0 Å². The number of fused-ring (bicyclic) bond motifs is 1. The Balaban J connectivity index is 1.63. The molecule has 1 aliphatic rings. The molecule has 1 atom stereocenters. The van der Waals surface area contributed by atoms with Crippen LogP contribution in [0.4, 0.5) is 0 Å². The number of H-pyrrole nitrogens is 1. The van der Waals surface area contributed by atoms with Crippen LogP contribution in [0, 0.1) is 0 Å². The first-order chi connectivity index (χ1) is 12.8. The molecule has 3 N–H and O–H groups in total. The van der Waals surface area contributed by atoms with Gasteiger partial charge in [-0.1, -0.05) is 49.0 Å². The third kappa shape index (κ3) is 3.23. The number of hydrogen-bond donors (Lipinski definition) is 3. The van der Waals surface area contributed by atoms with E-state index in [1.54, 1.807) is 11.8 Å². The van der Waals surface area contributed by atoms with Crippen LogP contribution in [0.1, 0.15) is 12.5 Å². The van der Waals surface area contributed by atoms with Gasteiger partial charge in [0.25, 0.3) is 0 Å². The highest BCUT2D eigenvalue weighted by atomic mass is 32.2. The molecule has 0 saturated heterocycles. The number of likely N-dealkylation sites (N-methyl/N-ethyl adjacent to an activating group) is 1. The van der Waals surface area contributed by atoms with Gasteiger partial charge in [0.1, 0.15) is 11.1 Å². The molecular weight excluding hydrogens is 344 g/mol. The molecule has 0 bridgehead atoms. The van der Waals surface area contributed by atoms with Gasteiger partial charge in [-0.15, -0.1) is 0 Å². The van der Waals surface area contributed by atoms with Crippen molar-refractivity contribution in [2.24, 2.45) is 0 Å². The van der Waals surface area contributed by atoms with E-state index in [2.05, 4.69) is 50.7 Å². The lowest BCUT2D eigenvalue weighted by molar-refractivity contribution is 0.187. The van der Waals surface area contributed by atoms with Gasteiger partial charge >= 0.3 is 0 Å². The quantitative estimate of drug-likeness (QED) is 0.623. The molecule has 4 rings (SSSR count). The van der Waals surface area contributed by atoms with Gasteiger partial charge < -0.3 is 15.4 Å². The smallest absolute Gasteiger partial charge is 0.137 e. The third-order valence-electron chi connectivity index (χ3n) is 4.65. The van der Waals surface area contributed by atoms with Crippen molar-refractivity contribution in [3.05, 3.63) is 59.8 Å². The zero-order valence-electron chi connectivity index (χ0n) is 14.6. The minimum atomic E-state index is 0.150. The van der Waals surface area contributed by atoms with Gasteiger partial charge in [0, 0.05) is 35.5 Å². The molecule has 26 heavy (non-hydrogen) atoms. The molecule has 1 unspecified atom stereocenters. The summed E-state index contributed by atoms with van der Waals surface area (Å²) in [6.07, 6.45) is 3.92. The first-order valence-corrected chi connectivity index (χ1v) is 9.74. The maximum absolute atomic E-state index is 9.25. The first kappa shape index (κ1) is 17.1. The second-order valence-corrected chi connectivity index (χ2v) is 7.16. The Morgan fingerprint density at radius 2 is 2.08 bits per heavy atom. The van der Waals surface area contributed by atoms with Gasteiger partial charge in [-0.05, 0) is 23.6 Å². The Morgan fingerprint density at radius 1 is 1.23 bits per heavy atom. The fourth-order valence-corrected chi connectivity index (χ4v) is 4.32. The SMILES string of the molecule is CCN(CCO)C1NC(c2c[nH]c3ncc(-c4ccccc4)cc23)=CS1. The summed E-state index contributed by atoms with van der Waals surface area (Å²) in [6, 6.07) is 12.5. The molecule has 5 nitrogen and oxygen atoms in total. The molecule has 6 heteroatoms. The average molecular weight is 366 g/mol. The van der Waals surface area contributed by atoms with E-state index in [0.29, 0.717) is 6.54 Å². The van der Waals surface area contributed by atoms with Crippen molar-refractivity contribution in [1.82, 2.24) is 20.2 Å². The molecule has 0 saturated carbocycles. The molecule has 1 aliphatic heterocycles. The molecule has 0 fully saturated rings. The molecule has 0 aliphatic carbocycles. The number of thioether (sulfide) groups is 1. The molecule has 0 spiro atoms. The number of aliphatic hydroxyl groups excluding tert-OH is 1. The standard InChI is InChI=1S/C20H22N4OS/c1-2-24(8-9-25)20-23-18(13-26-20)17-12-22-19-16(17)10-15(11-21-19)14-6-4-3-5-7-14/h3-7,10-13,20,23,25H,2,8-9H2,1H3,(H,21,22). The van der Waals surface area contributed by atoms with Crippen molar-refractivity contribution in [3.8, 4) is 11.1 Å². The van der Waals surface area contributed by atoms with Crippen molar-refractivity contribution >= 4 is 28.5 Å². The molecule has 3 heterocycles. The van der Waals surface area contributed by atoms with Crippen LogP contribution in [-0.4, -0.2) is 45.2 Å². The van der Waals surface area contributed by atoms with Crippen LogP contribution in [0.5, 0.6) is 0 Å². The van der Waals surface area contributed by atoms with Gasteiger partial charge in [0.15, 0.2) is 0 Å². The van der Waals surface area contributed by atoms with Gasteiger partial charge in [-0.25, -0.2) is 4.98 Å². The monoisotopic (exact) mass is 366 g/mol. The largest absolute Gasteiger partial charge is 0.395 e. The van der Waals surface area contributed by atoms with Crippen LogP contribution < -0.4 is 5.32 Å². The molecular formula is C20H22N4OS. The minimum Gasteiger partial charge on any atom is -0.395 e. The zero-order valence-corrected chi connectivity index (χ0v) is 15.5. The summed E-state index contributed by atoms with van der Waals surface area (Å²) < 4.78 is 0. The Morgan fingerprint density at radius 3 is 2.85 bits per heavy atom. The van der Waals surface area contributed by atoms with E-state index >= 15 is 0 Å². The van der Waals surface area contributed by atoms with E-state index in [4.69, 9.17) is 0 Å². The first-order valence-electron chi connectivity index (χ1n) is 8.80. The summed E-state index contributed by atoms with van der Waals surface area (Å²) >= 11 is 1.74. The van der Waals surface area contributed by atoms with Gasteiger partial charge in [-0.2, -0.15) is 0 Å². The predicted octanol–water partition coefficient (Wildman–Crippen LogP) is 3.46. The van der Waals surface area contributed by atoms with Crippen LogP contribution >= 0.6 is 11.8 Å². The predicted molar refractivity (Wildman–Crippen MR) is 108 cm³/mol. The molecule has 2 aromatic heterocycles. The topological polar surface area (TPSA) is 64.2 Å². The molecule has 0 radical (unpaired) electrons. The Labute approximate surface area is 157 Å². The number of nitrogens with zero attached hydrogens (tertiary/aromatic N) is 2. The highest BCUT2D eigenvalue weighted by Crippen LogP contribution is 2.33. The summed E-state index contributed by atoms with van der Waals surface area (Å²) in [6.45, 7) is 3.83. The fourth-order valence-electron chi connectivity index (χ4n) is 3.24. The van der Waals surface area contributed by atoms with Crippen molar-refractivity contribution in [2.45, 2.75) is 12.4 Å². The zero-order chi connectivity index (χ0) is 17.9. The normalized spacial score (nSPS) is 16.9. The number of rotatable bonds is 6. The maximum Gasteiger partial charge on any atom is 0.137 e. The molecule has 134 valence electrons. The second kappa shape index (κ2) is 7.53. The lowest BCUT2D eigenvalue weighted by Gasteiger charge is -2.26.